The lowest BCUT2D eigenvalue weighted by Gasteiger charge is -2.41. The van der Waals surface area contributed by atoms with Gasteiger partial charge in [-0.25, -0.2) is 4.39 Å². The van der Waals surface area contributed by atoms with Crippen LogP contribution in [0, 0.1) is 11.2 Å². The maximum absolute atomic E-state index is 13.3. The molecule has 0 bridgehead atoms. The number of nitrogens with zero attached hydrogens (tertiary/aromatic N) is 2. The monoisotopic (exact) mass is 406 g/mol. The second-order valence-corrected chi connectivity index (χ2v) is 7.94. The molecule has 0 aliphatic carbocycles. The summed E-state index contributed by atoms with van der Waals surface area (Å²) in [6.07, 6.45) is 4.35. The number of piperidine rings is 1. The Kier molecular flexibility index (Phi) is 7.61. The molecule has 1 aromatic rings. The number of carbonyl (C=O) groups is 2. The van der Waals surface area contributed by atoms with E-state index in [0.717, 1.165) is 31.4 Å². The third kappa shape index (κ3) is 5.76. The first-order chi connectivity index (χ1) is 14.0. The number of hydrogen-bond acceptors (Lipinski definition) is 5. The Hall–Kier alpha value is -1.99. The summed E-state index contributed by atoms with van der Waals surface area (Å²) in [6.45, 7) is 5.19. The third-order valence-electron chi connectivity index (χ3n) is 5.74. The number of ether oxygens (including phenoxy) is 1. The van der Waals surface area contributed by atoms with Crippen LogP contribution in [0.3, 0.4) is 0 Å². The highest BCUT2D eigenvalue weighted by molar-refractivity contribution is 5.81. The minimum absolute atomic E-state index is 0.0339. The molecule has 2 fully saturated rings. The molecule has 2 heterocycles. The number of carbonyl (C=O) groups excluding carboxylic acids is 2. The van der Waals surface area contributed by atoms with Crippen LogP contribution in [-0.2, 0) is 25.6 Å². The Morgan fingerprint density at radius 1 is 1.17 bits per heavy atom. The molecule has 2 aliphatic heterocycles. The van der Waals surface area contributed by atoms with Gasteiger partial charge in [0.05, 0.1) is 18.6 Å². The number of hydroxylamine groups is 2. The van der Waals surface area contributed by atoms with E-state index in [9.17, 15) is 14.0 Å². The van der Waals surface area contributed by atoms with Crippen LogP contribution in [0.15, 0.2) is 24.3 Å². The number of esters is 1. The van der Waals surface area contributed by atoms with Crippen LogP contribution in [0.2, 0.25) is 0 Å². The van der Waals surface area contributed by atoms with Crippen molar-refractivity contribution < 1.29 is 23.6 Å². The van der Waals surface area contributed by atoms with E-state index in [2.05, 4.69) is 0 Å². The van der Waals surface area contributed by atoms with Crippen molar-refractivity contribution in [2.75, 3.05) is 39.4 Å². The van der Waals surface area contributed by atoms with Gasteiger partial charge in [-0.05, 0) is 56.7 Å². The molecule has 1 amide bonds. The van der Waals surface area contributed by atoms with Gasteiger partial charge in [0, 0.05) is 32.6 Å². The van der Waals surface area contributed by atoms with Gasteiger partial charge in [0.25, 0.3) is 0 Å². The van der Waals surface area contributed by atoms with Crippen molar-refractivity contribution in [1.82, 2.24) is 9.96 Å². The molecule has 0 N–H and O–H groups in total. The first-order valence-electron chi connectivity index (χ1n) is 10.6. The van der Waals surface area contributed by atoms with E-state index in [-0.39, 0.29) is 17.7 Å². The Morgan fingerprint density at radius 2 is 1.97 bits per heavy atom. The van der Waals surface area contributed by atoms with Crippen LogP contribution in [0.4, 0.5) is 4.39 Å². The van der Waals surface area contributed by atoms with Crippen LogP contribution in [0.5, 0.6) is 0 Å². The van der Waals surface area contributed by atoms with Crippen molar-refractivity contribution in [3.8, 4) is 0 Å². The van der Waals surface area contributed by atoms with E-state index >= 15 is 0 Å². The van der Waals surface area contributed by atoms with Crippen LogP contribution >= 0.6 is 0 Å². The number of hydrogen-bond donors (Lipinski definition) is 0. The molecule has 2 aliphatic rings. The topological polar surface area (TPSA) is 59.1 Å². The molecule has 0 spiro atoms. The van der Waals surface area contributed by atoms with Crippen LogP contribution in [0.25, 0.3) is 0 Å². The third-order valence-corrected chi connectivity index (χ3v) is 5.74. The maximum atomic E-state index is 13.3. The van der Waals surface area contributed by atoms with Gasteiger partial charge in [0.2, 0.25) is 5.91 Å². The van der Waals surface area contributed by atoms with Gasteiger partial charge in [-0.2, -0.15) is 5.06 Å². The predicted octanol–water partition coefficient (Wildman–Crippen LogP) is 2.96. The zero-order chi connectivity index (χ0) is 20.7. The highest BCUT2D eigenvalue weighted by Gasteiger charge is 2.44. The van der Waals surface area contributed by atoms with Gasteiger partial charge < -0.3 is 9.64 Å². The van der Waals surface area contributed by atoms with E-state index in [1.54, 1.807) is 24.0 Å². The molecular weight excluding hydrogens is 375 g/mol. The zero-order valence-corrected chi connectivity index (χ0v) is 17.2. The molecule has 2 saturated heterocycles. The second kappa shape index (κ2) is 10.2. The van der Waals surface area contributed by atoms with E-state index < -0.39 is 5.41 Å². The summed E-state index contributed by atoms with van der Waals surface area (Å²) in [5, 5.41) is 1.86. The summed E-state index contributed by atoms with van der Waals surface area (Å²) in [5.41, 5.74) is 0.0825. The van der Waals surface area contributed by atoms with Crippen molar-refractivity contribution in [1.29, 1.82) is 0 Å². The first kappa shape index (κ1) is 21.7. The molecule has 6 nitrogen and oxygen atoms in total. The molecule has 1 atom stereocenters. The SMILES string of the molecule is CCOC(=O)C1(Cc2ccc(F)cc2)CCCN(C(=O)CCN2CCCCO2)C1. The minimum atomic E-state index is -0.788. The molecular formula is C22H31FN2O4. The van der Waals surface area contributed by atoms with Crippen LogP contribution in [0.1, 0.15) is 44.6 Å². The van der Waals surface area contributed by atoms with Gasteiger partial charge in [-0.1, -0.05) is 12.1 Å². The van der Waals surface area contributed by atoms with Gasteiger partial charge in [-0.3, -0.25) is 14.4 Å². The quantitative estimate of drug-likeness (QED) is 0.652. The molecule has 3 rings (SSSR count). The van der Waals surface area contributed by atoms with E-state index in [0.29, 0.717) is 52.1 Å². The molecule has 1 aromatic carbocycles. The lowest BCUT2D eigenvalue weighted by atomic mass is 9.75. The summed E-state index contributed by atoms with van der Waals surface area (Å²) in [6, 6.07) is 6.20. The maximum Gasteiger partial charge on any atom is 0.314 e. The molecule has 1 unspecified atom stereocenters. The van der Waals surface area contributed by atoms with Gasteiger partial charge in [0.15, 0.2) is 0 Å². The number of rotatable bonds is 7. The zero-order valence-electron chi connectivity index (χ0n) is 17.2. The van der Waals surface area contributed by atoms with Crippen molar-refractivity contribution in [3.05, 3.63) is 35.6 Å². The highest BCUT2D eigenvalue weighted by atomic mass is 19.1. The van der Waals surface area contributed by atoms with Gasteiger partial charge >= 0.3 is 5.97 Å². The molecule has 7 heteroatoms. The van der Waals surface area contributed by atoms with E-state index in [1.165, 1.54) is 12.1 Å². The summed E-state index contributed by atoms with van der Waals surface area (Å²) >= 11 is 0. The van der Waals surface area contributed by atoms with Crippen molar-refractivity contribution in [2.45, 2.75) is 45.4 Å². The van der Waals surface area contributed by atoms with Crippen LogP contribution < -0.4 is 0 Å². The Balaban J connectivity index is 1.67. The fourth-order valence-corrected chi connectivity index (χ4v) is 4.21. The number of halogens is 1. The van der Waals surface area contributed by atoms with E-state index in [4.69, 9.17) is 9.57 Å². The van der Waals surface area contributed by atoms with Gasteiger partial charge in [0.1, 0.15) is 5.82 Å². The predicted molar refractivity (Wildman–Crippen MR) is 106 cm³/mol. The minimum Gasteiger partial charge on any atom is -0.466 e. The number of benzene rings is 1. The molecule has 29 heavy (non-hydrogen) atoms. The first-order valence-corrected chi connectivity index (χ1v) is 10.6. The number of amides is 1. The molecule has 0 saturated carbocycles. The lowest BCUT2D eigenvalue weighted by Crippen LogP contribution is -2.52. The molecule has 0 radical (unpaired) electrons. The average Bonchev–Trinajstić information content (AvgIpc) is 2.75. The lowest BCUT2D eigenvalue weighted by molar-refractivity contribution is -0.183. The second-order valence-electron chi connectivity index (χ2n) is 7.94. The normalized spacial score (nSPS) is 23.0. The Labute approximate surface area is 171 Å². The fourth-order valence-electron chi connectivity index (χ4n) is 4.21. The van der Waals surface area contributed by atoms with Crippen LogP contribution in [-0.4, -0.2) is 61.2 Å². The largest absolute Gasteiger partial charge is 0.466 e. The van der Waals surface area contributed by atoms with E-state index in [1.807, 2.05) is 5.06 Å². The Morgan fingerprint density at radius 3 is 2.66 bits per heavy atom. The van der Waals surface area contributed by atoms with Crippen molar-refractivity contribution in [3.63, 3.8) is 0 Å². The van der Waals surface area contributed by atoms with Crippen molar-refractivity contribution >= 4 is 11.9 Å². The summed E-state index contributed by atoms with van der Waals surface area (Å²) < 4.78 is 18.7. The highest BCUT2D eigenvalue weighted by Crippen LogP contribution is 2.35. The number of likely N-dealkylation sites (tertiary alicyclic amines) is 1. The molecule has 160 valence electrons. The molecule has 0 aromatic heterocycles. The summed E-state index contributed by atoms with van der Waals surface area (Å²) in [4.78, 5) is 33.1. The van der Waals surface area contributed by atoms with Crippen molar-refractivity contribution in [2.24, 2.45) is 5.41 Å². The fraction of sp³-hybridized carbons (Fsp3) is 0.636. The average molecular weight is 406 g/mol. The van der Waals surface area contributed by atoms with Gasteiger partial charge in [-0.15, -0.1) is 0 Å². The standard InChI is InChI=1S/C22H31FN2O4/c1-2-28-21(27)22(16-18-6-8-19(23)9-7-18)11-5-12-24(17-22)20(26)10-14-25-13-3-4-15-29-25/h6-9H,2-5,10-17H2,1H3. The summed E-state index contributed by atoms with van der Waals surface area (Å²) in [7, 11) is 0. The smallest absolute Gasteiger partial charge is 0.314 e. The Bertz CT molecular complexity index is 691. The summed E-state index contributed by atoms with van der Waals surface area (Å²) in [5.74, 6) is -0.549.